The maximum atomic E-state index is 11.9. The number of rotatable bonds is 4. The summed E-state index contributed by atoms with van der Waals surface area (Å²) in [7, 11) is 0. The second kappa shape index (κ2) is 6.21. The monoisotopic (exact) mass is 386 g/mol. The summed E-state index contributed by atoms with van der Waals surface area (Å²) in [5.74, 6) is -0.123. The summed E-state index contributed by atoms with van der Waals surface area (Å²) in [5, 5.41) is 6.87. The Hall–Kier alpha value is -1.34. The van der Waals surface area contributed by atoms with Crippen LogP contribution in [0.15, 0.2) is 39.5 Å². The van der Waals surface area contributed by atoms with Crippen LogP contribution in [-0.4, -0.2) is 22.2 Å². The molecule has 0 fully saturated rings. The van der Waals surface area contributed by atoms with Gasteiger partial charge in [-0.2, -0.15) is 5.10 Å². The number of benzene rings is 1. The first-order valence-corrected chi connectivity index (χ1v) is 7.15. The molecular formula is C12H12Br2N4O. The van der Waals surface area contributed by atoms with Crippen LogP contribution in [-0.2, 0) is 6.54 Å². The highest BCUT2D eigenvalue weighted by atomic mass is 79.9. The average Bonchev–Trinajstić information content (AvgIpc) is 2.73. The Kier molecular flexibility index (Phi) is 4.60. The van der Waals surface area contributed by atoms with Gasteiger partial charge in [0, 0.05) is 27.3 Å². The van der Waals surface area contributed by atoms with Crippen molar-refractivity contribution in [3.8, 4) is 0 Å². The molecule has 0 saturated carbocycles. The van der Waals surface area contributed by atoms with Gasteiger partial charge in [-0.1, -0.05) is 31.9 Å². The molecule has 19 heavy (non-hydrogen) atoms. The second-order valence-electron chi connectivity index (χ2n) is 3.95. The van der Waals surface area contributed by atoms with Crippen LogP contribution in [0.4, 0.5) is 5.69 Å². The van der Waals surface area contributed by atoms with Gasteiger partial charge in [0.05, 0.1) is 18.4 Å². The van der Waals surface area contributed by atoms with Crippen LogP contribution in [0.5, 0.6) is 0 Å². The summed E-state index contributed by atoms with van der Waals surface area (Å²) >= 11 is 6.70. The maximum Gasteiger partial charge on any atom is 0.251 e. The third-order valence-corrected chi connectivity index (χ3v) is 3.32. The van der Waals surface area contributed by atoms with Crippen LogP contribution >= 0.6 is 31.9 Å². The molecule has 2 aromatic rings. The van der Waals surface area contributed by atoms with Gasteiger partial charge in [0.25, 0.3) is 5.91 Å². The van der Waals surface area contributed by atoms with Crippen molar-refractivity contribution < 1.29 is 4.79 Å². The maximum absolute atomic E-state index is 11.9. The van der Waals surface area contributed by atoms with Crippen molar-refractivity contribution in [2.45, 2.75) is 6.54 Å². The Morgan fingerprint density at radius 1 is 1.32 bits per heavy atom. The summed E-state index contributed by atoms with van der Waals surface area (Å²) in [6.07, 6.45) is 3.30. The molecule has 3 N–H and O–H groups in total. The lowest BCUT2D eigenvalue weighted by Gasteiger charge is -2.06. The number of nitrogens with two attached hydrogens (primary N) is 1. The van der Waals surface area contributed by atoms with Gasteiger partial charge in [-0.05, 0) is 18.2 Å². The minimum absolute atomic E-state index is 0.123. The van der Waals surface area contributed by atoms with Crippen LogP contribution in [0, 0.1) is 0 Å². The third-order valence-electron chi connectivity index (χ3n) is 2.40. The Morgan fingerprint density at radius 3 is 2.58 bits per heavy atom. The zero-order valence-electron chi connectivity index (χ0n) is 9.94. The Balaban J connectivity index is 1.90. The summed E-state index contributed by atoms with van der Waals surface area (Å²) < 4.78 is 3.39. The van der Waals surface area contributed by atoms with E-state index in [-0.39, 0.29) is 5.91 Å². The standard InChI is InChI=1S/C12H12Br2N4O/c13-9-3-8(4-10(14)5-9)12(19)16-1-2-18-7-11(15)6-17-18/h3-7H,1-2,15H2,(H,16,19). The highest BCUT2D eigenvalue weighted by molar-refractivity contribution is 9.11. The van der Waals surface area contributed by atoms with E-state index in [0.29, 0.717) is 24.3 Å². The summed E-state index contributed by atoms with van der Waals surface area (Å²) in [5.41, 5.74) is 6.76. The number of nitrogens with zero attached hydrogens (tertiary/aromatic N) is 2. The molecule has 0 atom stereocenters. The number of carbonyl (C=O) groups excluding carboxylic acids is 1. The molecular weight excluding hydrogens is 376 g/mol. The molecule has 5 nitrogen and oxygen atoms in total. The second-order valence-corrected chi connectivity index (χ2v) is 5.78. The lowest BCUT2D eigenvalue weighted by atomic mass is 10.2. The van der Waals surface area contributed by atoms with E-state index in [4.69, 9.17) is 5.73 Å². The molecule has 7 heteroatoms. The minimum Gasteiger partial charge on any atom is -0.396 e. The van der Waals surface area contributed by atoms with E-state index in [2.05, 4.69) is 42.3 Å². The first kappa shape index (κ1) is 14.1. The molecule has 0 radical (unpaired) electrons. The van der Waals surface area contributed by atoms with Gasteiger partial charge in [-0.3, -0.25) is 9.48 Å². The van der Waals surface area contributed by atoms with Crippen molar-refractivity contribution in [2.75, 3.05) is 12.3 Å². The van der Waals surface area contributed by atoms with Gasteiger partial charge >= 0.3 is 0 Å². The lowest BCUT2D eigenvalue weighted by molar-refractivity contribution is 0.0952. The molecule has 0 unspecified atom stereocenters. The number of anilines is 1. The van der Waals surface area contributed by atoms with Crippen molar-refractivity contribution in [1.29, 1.82) is 0 Å². The normalized spacial score (nSPS) is 10.4. The van der Waals surface area contributed by atoms with Crippen LogP contribution in [0.2, 0.25) is 0 Å². The molecule has 1 aromatic carbocycles. The number of nitrogen functional groups attached to an aromatic ring is 1. The van der Waals surface area contributed by atoms with Crippen molar-refractivity contribution >= 4 is 43.5 Å². The highest BCUT2D eigenvalue weighted by Gasteiger charge is 2.07. The molecule has 0 aliphatic rings. The molecule has 1 amide bonds. The van der Waals surface area contributed by atoms with Crippen LogP contribution in [0.1, 0.15) is 10.4 Å². The molecule has 1 aromatic heterocycles. The third kappa shape index (κ3) is 4.07. The summed E-state index contributed by atoms with van der Waals surface area (Å²) in [6.45, 7) is 1.07. The van der Waals surface area contributed by atoms with E-state index >= 15 is 0 Å². The SMILES string of the molecule is Nc1cnn(CCNC(=O)c2cc(Br)cc(Br)c2)c1. The zero-order chi connectivity index (χ0) is 13.8. The minimum atomic E-state index is -0.123. The van der Waals surface area contributed by atoms with Gasteiger partial charge in [0.2, 0.25) is 0 Å². The first-order valence-electron chi connectivity index (χ1n) is 5.57. The number of halogens is 2. The fourth-order valence-electron chi connectivity index (χ4n) is 1.57. The molecule has 0 spiro atoms. The number of aromatic nitrogens is 2. The molecule has 0 saturated heterocycles. The number of hydrogen-bond acceptors (Lipinski definition) is 3. The zero-order valence-corrected chi connectivity index (χ0v) is 13.1. The largest absolute Gasteiger partial charge is 0.396 e. The van der Waals surface area contributed by atoms with E-state index in [1.54, 1.807) is 29.2 Å². The molecule has 100 valence electrons. The number of amides is 1. The van der Waals surface area contributed by atoms with E-state index < -0.39 is 0 Å². The van der Waals surface area contributed by atoms with Gasteiger partial charge in [0.1, 0.15) is 0 Å². The van der Waals surface area contributed by atoms with Crippen LogP contribution < -0.4 is 11.1 Å². The van der Waals surface area contributed by atoms with Gasteiger partial charge in [-0.25, -0.2) is 0 Å². The Bertz CT molecular complexity index is 577. The highest BCUT2D eigenvalue weighted by Crippen LogP contribution is 2.19. The van der Waals surface area contributed by atoms with E-state index in [1.165, 1.54) is 0 Å². The fraction of sp³-hybridized carbons (Fsp3) is 0.167. The summed E-state index contributed by atoms with van der Waals surface area (Å²) in [4.78, 5) is 11.9. The molecule has 1 heterocycles. The van der Waals surface area contributed by atoms with Crippen LogP contribution in [0.3, 0.4) is 0 Å². The molecule has 0 bridgehead atoms. The molecule has 0 aliphatic heterocycles. The van der Waals surface area contributed by atoms with Crippen molar-refractivity contribution in [3.05, 3.63) is 45.1 Å². The quantitative estimate of drug-likeness (QED) is 0.845. The van der Waals surface area contributed by atoms with Crippen molar-refractivity contribution in [2.24, 2.45) is 0 Å². The summed E-state index contributed by atoms with van der Waals surface area (Å²) in [6, 6.07) is 5.42. The molecule has 2 rings (SSSR count). The lowest BCUT2D eigenvalue weighted by Crippen LogP contribution is -2.27. The Morgan fingerprint density at radius 2 is 2.00 bits per heavy atom. The van der Waals surface area contributed by atoms with Crippen molar-refractivity contribution in [3.63, 3.8) is 0 Å². The number of nitrogens with one attached hydrogen (secondary N) is 1. The van der Waals surface area contributed by atoms with E-state index in [1.807, 2.05) is 6.07 Å². The van der Waals surface area contributed by atoms with Crippen LogP contribution in [0.25, 0.3) is 0 Å². The fourth-order valence-corrected chi connectivity index (χ4v) is 2.87. The van der Waals surface area contributed by atoms with E-state index in [0.717, 1.165) is 8.95 Å². The van der Waals surface area contributed by atoms with E-state index in [9.17, 15) is 4.79 Å². The van der Waals surface area contributed by atoms with Gasteiger partial charge in [0.15, 0.2) is 0 Å². The predicted octanol–water partition coefficient (Wildman–Crippen LogP) is 2.42. The first-order chi connectivity index (χ1) is 9.04. The van der Waals surface area contributed by atoms with Gasteiger partial charge < -0.3 is 11.1 Å². The average molecular weight is 388 g/mol. The number of carbonyl (C=O) groups is 1. The Labute approximate surface area is 127 Å². The van der Waals surface area contributed by atoms with Gasteiger partial charge in [-0.15, -0.1) is 0 Å². The predicted molar refractivity (Wildman–Crippen MR) is 80.8 cm³/mol. The molecule has 0 aliphatic carbocycles. The smallest absolute Gasteiger partial charge is 0.251 e. The van der Waals surface area contributed by atoms with Crippen molar-refractivity contribution in [1.82, 2.24) is 15.1 Å². The topological polar surface area (TPSA) is 72.9 Å². The number of hydrogen-bond donors (Lipinski definition) is 2.